The molecule has 0 saturated heterocycles. The Morgan fingerprint density at radius 2 is 1.93 bits per heavy atom. The molecule has 0 aliphatic rings. The van der Waals surface area contributed by atoms with Crippen molar-refractivity contribution in [2.45, 2.75) is 53.5 Å². The number of carbonyl (C=O) groups is 1. The summed E-state index contributed by atoms with van der Waals surface area (Å²) >= 11 is 0. The van der Waals surface area contributed by atoms with Crippen molar-refractivity contribution in [1.29, 1.82) is 0 Å². The molecule has 0 fully saturated rings. The maximum atomic E-state index is 11.8. The summed E-state index contributed by atoms with van der Waals surface area (Å²) in [6.45, 7) is 11.0. The molecule has 0 rings (SSSR count). The number of carbonyl (C=O) groups excluding carboxylic acids is 1. The molecule has 0 bridgehead atoms. The van der Waals surface area contributed by atoms with E-state index < -0.39 is 0 Å². The highest BCUT2D eigenvalue weighted by Gasteiger charge is 2.26. The van der Waals surface area contributed by atoms with E-state index in [0.29, 0.717) is 6.54 Å². The van der Waals surface area contributed by atoms with Crippen LogP contribution < -0.4 is 11.1 Å². The third kappa shape index (κ3) is 5.17. The standard InChI is InChI=1S/C12H26N2O/c1-6-9(2)11(15)14-10(7-8-13)12(3,4)5/h9-10H,6-8,13H2,1-5H3,(H,14,15). The smallest absolute Gasteiger partial charge is 0.223 e. The van der Waals surface area contributed by atoms with Crippen LogP contribution in [0.4, 0.5) is 0 Å². The van der Waals surface area contributed by atoms with Gasteiger partial charge in [0.15, 0.2) is 0 Å². The average Bonchev–Trinajstić information content (AvgIpc) is 2.14. The lowest BCUT2D eigenvalue weighted by Crippen LogP contribution is -2.46. The van der Waals surface area contributed by atoms with Crippen molar-refractivity contribution in [1.82, 2.24) is 5.32 Å². The van der Waals surface area contributed by atoms with Crippen LogP contribution in [-0.4, -0.2) is 18.5 Å². The van der Waals surface area contributed by atoms with Gasteiger partial charge in [-0.25, -0.2) is 0 Å². The Morgan fingerprint density at radius 3 is 2.27 bits per heavy atom. The van der Waals surface area contributed by atoms with Crippen LogP contribution in [0.5, 0.6) is 0 Å². The van der Waals surface area contributed by atoms with E-state index >= 15 is 0 Å². The van der Waals surface area contributed by atoms with Crippen LogP contribution in [0.1, 0.15) is 47.5 Å². The molecule has 0 aromatic carbocycles. The molecule has 1 amide bonds. The van der Waals surface area contributed by atoms with Gasteiger partial charge in [-0.3, -0.25) is 4.79 Å². The number of rotatable bonds is 5. The quantitative estimate of drug-likeness (QED) is 0.734. The molecule has 15 heavy (non-hydrogen) atoms. The Kier molecular flexibility index (Phi) is 5.88. The summed E-state index contributed by atoms with van der Waals surface area (Å²) < 4.78 is 0. The molecule has 0 saturated carbocycles. The molecule has 90 valence electrons. The first kappa shape index (κ1) is 14.4. The van der Waals surface area contributed by atoms with Gasteiger partial charge < -0.3 is 11.1 Å². The molecule has 0 aliphatic heterocycles. The van der Waals surface area contributed by atoms with Crippen molar-refractivity contribution in [3.05, 3.63) is 0 Å². The molecule has 0 spiro atoms. The van der Waals surface area contributed by atoms with Gasteiger partial charge in [0.05, 0.1) is 0 Å². The lowest BCUT2D eigenvalue weighted by atomic mass is 9.84. The zero-order valence-corrected chi connectivity index (χ0v) is 10.8. The van der Waals surface area contributed by atoms with Crippen LogP contribution in [0.2, 0.25) is 0 Å². The van der Waals surface area contributed by atoms with E-state index in [0.717, 1.165) is 12.8 Å². The number of hydrogen-bond donors (Lipinski definition) is 2. The molecule has 0 aliphatic carbocycles. The third-order valence-electron chi connectivity index (χ3n) is 2.88. The fourth-order valence-corrected chi connectivity index (χ4v) is 1.39. The molecule has 0 heterocycles. The lowest BCUT2D eigenvalue weighted by molar-refractivity contribution is -0.126. The molecular weight excluding hydrogens is 188 g/mol. The van der Waals surface area contributed by atoms with Crippen LogP contribution in [0, 0.1) is 11.3 Å². The highest BCUT2D eigenvalue weighted by Crippen LogP contribution is 2.21. The number of hydrogen-bond acceptors (Lipinski definition) is 2. The van der Waals surface area contributed by atoms with Crippen molar-refractivity contribution in [2.24, 2.45) is 17.1 Å². The molecule has 2 atom stereocenters. The molecule has 0 aromatic heterocycles. The first-order valence-corrected chi connectivity index (χ1v) is 5.83. The summed E-state index contributed by atoms with van der Waals surface area (Å²) in [5.74, 6) is 0.235. The average molecular weight is 214 g/mol. The molecule has 0 radical (unpaired) electrons. The van der Waals surface area contributed by atoms with Crippen LogP contribution in [0.15, 0.2) is 0 Å². The van der Waals surface area contributed by atoms with Crippen molar-refractivity contribution in [2.75, 3.05) is 6.54 Å². The first-order valence-electron chi connectivity index (χ1n) is 5.83. The summed E-state index contributed by atoms with van der Waals surface area (Å²) in [6.07, 6.45) is 1.72. The minimum atomic E-state index is 0.0719. The SMILES string of the molecule is CCC(C)C(=O)NC(CCN)C(C)(C)C. The summed E-state index contributed by atoms with van der Waals surface area (Å²) in [6, 6.07) is 0.170. The van der Waals surface area contributed by atoms with E-state index in [-0.39, 0.29) is 23.3 Å². The van der Waals surface area contributed by atoms with Gasteiger partial charge in [0.1, 0.15) is 0 Å². The Balaban J connectivity index is 4.35. The van der Waals surface area contributed by atoms with E-state index in [1.54, 1.807) is 0 Å². The highest BCUT2D eigenvalue weighted by molar-refractivity contribution is 5.78. The minimum Gasteiger partial charge on any atom is -0.353 e. The molecule has 3 N–H and O–H groups in total. The van der Waals surface area contributed by atoms with Gasteiger partial charge in [0.25, 0.3) is 0 Å². The largest absolute Gasteiger partial charge is 0.353 e. The summed E-state index contributed by atoms with van der Waals surface area (Å²) in [7, 11) is 0. The fraction of sp³-hybridized carbons (Fsp3) is 0.917. The van der Waals surface area contributed by atoms with E-state index in [1.165, 1.54) is 0 Å². The van der Waals surface area contributed by atoms with Gasteiger partial charge in [0.2, 0.25) is 5.91 Å². The highest BCUT2D eigenvalue weighted by atomic mass is 16.1. The van der Waals surface area contributed by atoms with E-state index in [4.69, 9.17) is 5.73 Å². The monoisotopic (exact) mass is 214 g/mol. The van der Waals surface area contributed by atoms with Crippen molar-refractivity contribution in [3.8, 4) is 0 Å². The number of amides is 1. The van der Waals surface area contributed by atoms with E-state index in [2.05, 4.69) is 26.1 Å². The summed E-state index contributed by atoms with van der Waals surface area (Å²) in [5, 5.41) is 3.09. The lowest BCUT2D eigenvalue weighted by Gasteiger charge is -2.32. The molecular formula is C12H26N2O. The fourth-order valence-electron chi connectivity index (χ4n) is 1.39. The zero-order chi connectivity index (χ0) is 12.1. The maximum Gasteiger partial charge on any atom is 0.223 e. The maximum absolute atomic E-state index is 11.8. The van der Waals surface area contributed by atoms with Gasteiger partial charge in [0, 0.05) is 12.0 Å². The predicted octanol–water partition coefficient (Wildman–Crippen LogP) is 1.91. The normalized spacial score (nSPS) is 15.9. The second-order valence-electron chi connectivity index (χ2n) is 5.31. The van der Waals surface area contributed by atoms with Crippen LogP contribution in [0.25, 0.3) is 0 Å². The van der Waals surface area contributed by atoms with Crippen LogP contribution in [-0.2, 0) is 4.79 Å². The van der Waals surface area contributed by atoms with Crippen molar-refractivity contribution in [3.63, 3.8) is 0 Å². The van der Waals surface area contributed by atoms with Crippen LogP contribution in [0.3, 0.4) is 0 Å². The summed E-state index contributed by atoms with van der Waals surface area (Å²) in [5.41, 5.74) is 5.63. The third-order valence-corrected chi connectivity index (χ3v) is 2.88. The minimum absolute atomic E-state index is 0.0719. The van der Waals surface area contributed by atoms with Gasteiger partial charge in [-0.15, -0.1) is 0 Å². The van der Waals surface area contributed by atoms with E-state index in [1.807, 2.05) is 13.8 Å². The van der Waals surface area contributed by atoms with E-state index in [9.17, 15) is 4.79 Å². The Bertz CT molecular complexity index is 196. The molecule has 3 nitrogen and oxygen atoms in total. The topological polar surface area (TPSA) is 55.1 Å². The zero-order valence-electron chi connectivity index (χ0n) is 10.8. The van der Waals surface area contributed by atoms with Crippen molar-refractivity contribution >= 4 is 5.91 Å². The Morgan fingerprint density at radius 1 is 1.40 bits per heavy atom. The van der Waals surface area contributed by atoms with Gasteiger partial charge in [-0.05, 0) is 24.8 Å². The number of nitrogens with one attached hydrogen (secondary N) is 1. The molecule has 3 heteroatoms. The Labute approximate surface area is 93.8 Å². The predicted molar refractivity (Wildman–Crippen MR) is 64.5 cm³/mol. The summed E-state index contributed by atoms with van der Waals surface area (Å²) in [4.78, 5) is 11.8. The Hall–Kier alpha value is -0.570. The van der Waals surface area contributed by atoms with Gasteiger partial charge >= 0.3 is 0 Å². The second kappa shape index (κ2) is 6.11. The first-order chi connectivity index (χ1) is 6.82. The van der Waals surface area contributed by atoms with Gasteiger partial charge in [-0.1, -0.05) is 34.6 Å². The molecule has 2 unspecified atom stereocenters. The van der Waals surface area contributed by atoms with Crippen LogP contribution >= 0.6 is 0 Å². The molecule has 0 aromatic rings. The second-order valence-corrected chi connectivity index (χ2v) is 5.31. The van der Waals surface area contributed by atoms with Crippen molar-refractivity contribution < 1.29 is 4.79 Å². The van der Waals surface area contributed by atoms with Gasteiger partial charge in [-0.2, -0.15) is 0 Å². The number of nitrogens with two attached hydrogens (primary N) is 1.